The zero-order valence-corrected chi connectivity index (χ0v) is 14.7. The second-order valence-electron chi connectivity index (χ2n) is 6.40. The van der Waals surface area contributed by atoms with Gasteiger partial charge < -0.3 is 10.6 Å². The molecule has 0 bridgehead atoms. The van der Waals surface area contributed by atoms with Crippen molar-refractivity contribution < 1.29 is 13.2 Å². The third kappa shape index (κ3) is 4.63. The van der Waals surface area contributed by atoms with Crippen molar-refractivity contribution in [1.82, 2.24) is 19.7 Å². The highest BCUT2D eigenvalue weighted by molar-refractivity contribution is 7.88. The van der Waals surface area contributed by atoms with Gasteiger partial charge in [0.2, 0.25) is 10.0 Å². The number of nitrogens with one attached hydrogen (secondary N) is 1. The van der Waals surface area contributed by atoms with Crippen LogP contribution >= 0.6 is 0 Å². The first-order valence-corrected chi connectivity index (χ1v) is 9.86. The normalized spacial score (nSPS) is 23.7. The van der Waals surface area contributed by atoms with Gasteiger partial charge in [-0.1, -0.05) is 5.21 Å². The average Bonchev–Trinajstić information content (AvgIpc) is 3.16. The number of hydrogen-bond donors (Lipinski definition) is 2. The number of sulfonamides is 1. The fraction of sp³-hybridized carbons (Fsp3) is 0.571. The molecule has 0 radical (unpaired) electrons. The van der Waals surface area contributed by atoms with Crippen LogP contribution in [-0.4, -0.2) is 54.0 Å². The van der Waals surface area contributed by atoms with Gasteiger partial charge in [-0.2, -0.15) is 0 Å². The largest absolute Gasteiger partial charge is 0.364 e. The zero-order chi connectivity index (χ0) is 18.0. The van der Waals surface area contributed by atoms with Crippen LogP contribution in [0.2, 0.25) is 0 Å². The van der Waals surface area contributed by atoms with E-state index in [1.807, 2.05) is 6.20 Å². The maximum absolute atomic E-state index is 11.3. The summed E-state index contributed by atoms with van der Waals surface area (Å²) in [5.41, 5.74) is 5.42. The molecule has 2 atom stereocenters. The van der Waals surface area contributed by atoms with Gasteiger partial charge in [-0.25, -0.2) is 13.1 Å². The Bertz CT molecular complexity index is 814. The molecule has 3 N–H and O–H groups in total. The van der Waals surface area contributed by atoms with E-state index in [1.54, 1.807) is 21.9 Å². The summed E-state index contributed by atoms with van der Waals surface area (Å²) < 4.78 is 27.0. The third-order valence-electron chi connectivity index (χ3n) is 4.25. The molecule has 0 saturated heterocycles. The average molecular weight is 367 g/mol. The maximum atomic E-state index is 11.3. The van der Waals surface area contributed by atoms with Crippen molar-refractivity contribution in [3.63, 3.8) is 0 Å². The first-order valence-electron chi connectivity index (χ1n) is 7.97. The van der Waals surface area contributed by atoms with E-state index in [0.717, 1.165) is 19.3 Å². The Hall–Kier alpha value is -2.27. The molecule has 2 heterocycles. The predicted molar refractivity (Wildman–Crippen MR) is 92.2 cm³/mol. The lowest BCUT2D eigenvalue weighted by atomic mass is 10.1. The molecule has 3 rings (SSSR count). The van der Waals surface area contributed by atoms with Crippen LogP contribution in [0, 0.1) is 5.92 Å². The molecule has 1 aromatic heterocycles. The Labute approximate surface area is 145 Å². The topological polar surface area (TPSA) is 136 Å². The van der Waals surface area contributed by atoms with Gasteiger partial charge >= 0.3 is 0 Å². The summed E-state index contributed by atoms with van der Waals surface area (Å²) in [5.74, 6) is 0.426. The Kier molecular flexibility index (Phi) is 4.86. The van der Waals surface area contributed by atoms with Gasteiger partial charge in [0.15, 0.2) is 5.82 Å². The van der Waals surface area contributed by atoms with E-state index in [-0.39, 0.29) is 18.4 Å². The molecule has 136 valence electrons. The highest BCUT2D eigenvalue weighted by Crippen LogP contribution is 2.27. The van der Waals surface area contributed by atoms with Crippen molar-refractivity contribution in [3.05, 3.63) is 18.5 Å². The molecule has 1 saturated carbocycles. The molecule has 0 aromatic carbocycles. The van der Waals surface area contributed by atoms with E-state index in [1.165, 1.54) is 6.26 Å². The lowest BCUT2D eigenvalue weighted by molar-refractivity contribution is -0.111. The minimum Gasteiger partial charge on any atom is -0.364 e. The fourth-order valence-corrected chi connectivity index (χ4v) is 3.97. The number of anilines is 1. The fourth-order valence-electron chi connectivity index (χ4n) is 3.15. The van der Waals surface area contributed by atoms with Gasteiger partial charge in [0.05, 0.1) is 12.5 Å². The molecule has 0 spiro atoms. The van der Waals surface area contributed by atoms with Crippen molar-refractivity contribution in [2.24, 2.45) is 16.6 Å². The molecule has 1 fully saturated rings. The lowest BCUT2D eigenvalue weighted by Gasteiger charge is -2.17. The van der Waals surface area contributed by atoms with Crippen LogP contribution in [0.4, 0.5) is 5.82 Å². The molecule has 1 aliphatic heterocycles. The summed E-state index contributed by atoms with van der Waals surface area (Å²) in [6.07, 6.45) is 8.80. The van der Waals surface area contributed by atoms with Crippen LogP contribution in [0.1, 0.15) is 19.3 Å². The van der Waals surface area contributed by atoms with Crippen molar-refractivity contribution in [3.8, 4) is 0 Å². The van der Waals surface area contributed by atoms with E-state index >= 15 is 0 Å². The Morgan fingerprint density at radius 1 is 1.44 bits per heavy atom. The number of hydrogen-bond acceptors (Lipinski definition) is 7. The Balaban J connectivity index is 1.55. The smallest absolute Gasteiger partial charge is 0.266 e. The number of carbonyl (C=O) groups excluding carboxylic acids is 1. The van der Waals surface area contributed by atoms with E-state index in [2.05, 4.69) is 20.0 Å². The summed E-state index contributed by atoms with van der Waals surface area (Å²) >= 11 is 0. The van der Waals surface area contributed by atoms with Gasteiger partial charge in [0, 0.05) is 18.8 Å². The SMILES string of the molecule is CS(=O)(=O)N[C@H]1CC[C@@H](Cn2cc(N3C=CC(C(N)=O)=NC3)nn2)C1. The molecular weight excluding hydrogens is 346 g/mol. The van der Waals surface area contributed by atoms with Crippen molar-refractivity contribution >= 4 is 27.5 Å². The van der Waals surface area contributed by atoms with Crippen molar-refractivity contribution in [2.75, 3.05) is 17.8 Å². The van der Waals surface area contributed by atoms with Crippen LogP contribution in [0.25, 0.3) is 0 Å². The zero-order valence-electron chi connectivity index (χ0n) is 13.9. The van der Waals surface area contributed by atoms with Gasteiger partial charge in [0.1, 0.15) is 12.4 Å². The summed E-state index contributed by atoms with van der Waals surface area (Å²) in [6, 6.07) is -0.00502. The van der Waals surface area contributed by atoms with Gasteiger partial charge in [-0.15, -0.1) is 5.10 Å². The number of nitrogens with two attached hydrogens (primary N) is 1. The number of amides is 1. The second-order valence-corrected chi connectivity index (χ2v) is 8.18. The molecular formula is C14H21N7O3S. The highest BCUT2D eigenvalue weighted by atomic mass is 32.2. The van der Waals surface area contributed by atoms with Gasteiger partial charge in [0.25, 0.3) is 5.91 Å². The van der Waals surface area contributed by atoms with E-state index in [9.17, 15) is 13.2 Å². The number of nitrogens with zero attached hydrogens (tertiary/aromatic N) is 5. The molecule has 0 unspecified atom stereocenters. The highest BCUT2D eigenvalue weighted by Gasteiger charge is 2.27. The number of aliphatic imine (C=N–C) groups is 1. The van der Waals surface area contributed by atoms with Crippen molar-refractivity contribution in [2.45, 2.75) is 31.8 Å². The maximum Gasteiger partial charge on any atom is 0.266 e. The number of aromatic nitrogens is 3. The molecule has 25 heavy (non-hydrogen) atoms. The van der Waals surface area contributed by atoms with Crippen LogP contribution in [0.15, 0.2) is 23.5 Å². The lowest BCUT2D eigenvalue weighted by Crippen LogP contribution is -2.32. The second kappa shape index (κ2) is 6.92. The Morgan fingerprint density at radius 3 is 2.88 bits per heavy atom. The molecule has 2 aliphatic rings. The molecule has 1 aliphatic carbocycles. The first-order chi connectivity index (χ1) is 11.8. The van der Waals surface area contributed by atoms with Crippen LogP contribution in [0.3, 0.4) is 0 Å². The Morgan fingerprint density at radius 2 is 2.24 bits per heavy atom. The van der Waals surface area contributed by atoms with Crippen molar-refractivity contribution in [1.29, 1.82) is 0 Å². The minimum atomic E-state index is -3.17. The predicted octanol–water partition coefficient (Wildman–Crippen LogP) is -0.786. The van der Waals surface area contributed by atoms with Gasteiger partial charge in [-0.05, 0) is 31.3 Å². The van der Waals surface area contributed by atoms with Gasteiger partial charge in [-0.3, -0.25) is 14.5 Å². The number of rotatable bonds is 6. The van der Waals surface area contributed by atoms with E-state index in [0.29, 0.717) is 18.3 Å². The van der Waals surface area contributed by atoms with Crippen LogP contribution in [-0.2, 0) is 21.4 Å². The quantitative estimate of drug-likeness (QED) is 0.676. The van der Waals surface area contributed by atoms with E-state index in [4.69, 9.17) is 5.73 Å². The summed E-state index contributed by atoms with van der Waals surface area (Å²) in [4.78, 5) is 16.9. The third-order valence-corrected chi connectivity index (χ3v) is 5.01. The van der Waals surface area contributed by atoms with Crippen LogP contribution < -0.4 is 15.4 Å². The summed E-state index contributed by atoms with van der Waals surface area (Å²) in [5, 5.41) is 8.24. The molecule has 1 aromatic rings. The number of carbonyl (C=O) groups is 1. The minimum absolute atomic E-state index is 0.00502. The van der Waals surface area contributed by atoms with Crippen LogP contribution in [0.5, 0.6) is 0 Å². The molecule has 10 nitrogen and oxygen atoms in total. The number of primary amides is 1. The molecule has 1 amide bonds. The van der Waals surface area contributed by atoms with E-state index < -0.39 is 15.9 Å². The summed E-state index contributed by atoms with van der Waals surface area (Å²) in [6.45, 7) is 0.944. The molecule has 11 heteroatoms. The monoisotopic (exact) mass is 367 g/mol. The first kappa shape index (κ1) is 17.5. The summed E-state index contributed by atoms with van der Waals surface area (Å²) in [7, 11) is -3.17. The standard InChI is InChI=1S/C14H21N7O3S/c1-25(23,24)18-11-3-2-10(6-11)7-21-8-13(17-19-21)20-5-4-12(14(15)22)16-9-20/h4-5,8,10-11,18H,2-3,6-7,9H2,1H3,(H2,15,22)/t10-,11+/m1/s1.